The molecule has 0 aromatic carbocycles. The van der Waals surface area contributed by atoms with Crippen LogP contribution in [0, 0.1) is 10.1 Å². The van der Waals surface area contributed by atoms with E-state index in [9.17, 15) is 14.9 Å². The lowest BCUT2D eigenvalue weighted by molar-refractivity contribution is -0.561. The van der Waals surface area contributed by atoms with Crippen molar-refractivity contribution >= 4 is 17.6 Å². The number of nitro groups is 1. The first-order chi connectivity index (χ1) is 6.40. The highest BCUT2D eigenvalue weighted by atomic mass is 35.5. The van der Waals surface area contributed by atoms with Crippen molar-refractivity contribution in [2.75, 3.05) is 12.5 Å². The van der Waals surface area contributed by atoms with Gasteiger partial charge in [-0.15, -0.1) is 11.6 Å². The topological polar surface area (TPSA) is 69.4 Å². The average molecular weight is 224 g/mol. The molecule has 0 aliphatic carbocycles. The van der Waals surface area contributed by atoms with Gasteiger partial charge >= 0.3 is 5.97 Å². The quantitative estimate of drug-likeness (QED) is 0.297. The van der Waals surface area contributed by atoms with Crippen LogP contribution in [0.15, 0.2) is 0 Å². The molecule has 0 rings (SSSR count). The SMILES string of the molecule is CC(C)(CCC(=O)OCCCl)[N+](=O)[O-]. The molecule has 0 atom stereocenters. The van der Waals surface area contributed by atoms with E-state index < -0.39 is 16.4 Å². The van der Waals surface area contributed by atoms with Crippen molar-refractivity contribution in [1.82, 2.24) is 0 Å². The molecule has 0 aromatic rings. The van der Waals surface area contributed by atoms with Gasteiger partial charge in [-0.25, -0.2) is 0 Å². The summed E-state index contributed by atoms with van der Waals surface area (Å²) in [6, 6.07) is 0. The van der Waals surface area contributed by atoms with Crippen molar-refractivity contribution < 1.29 is 14.5 Å². The molecule has 0 fully saturated rings. The third-order valence-electron chi connectivity index (χ3n) is 1.78. The van der Waals surface area contributed by atoms with Gasteiger partial charge in [0.2, 0.25) is 5.54 Å². The first-order valence-electron chi connectivity index (χ1n) is 4.26. The number of halogens is 1. The van der Waals surface area contributed by atoms with Gasteiger partial charge in [0.25, 0.3) is 0 Å². The molecule has 0 aliphatic rings. The number of ether oxygens (including phenoxy) is 1. The van der Waals surface area contributed by atoms with Crippen molar-refractivity contribution in [3.05, 3.63) is 10.1 Å². The maximum Gasteiger partial charge on any atom is 0.306 e. The van der Waals surface area contributed by atoms with Crippen molar-refractivity contribution in [3.8, 4) is 0 Å². The molecule has 0 aromatic heterocycles. The molecule has 0 saturated heterocycles. The zero-order valence-corrected chi connectivity index (χ0v) is 9.04. The summed E-state index contributed by atoms with van der Waals surface area (Å²) < 4.78 is 4.67. The Balaban J connectivity index is 3.82. The Morgan fingerprint density at radius 3 is 2.57 bits per heavy atom. The van der Waals surface area contributed by atoms with E-state index in [2.05, 4.69) is 4.74 Å². The maximum absolute atomic E-state index is 11.0. The fourth-order valence-corrected chi connectivity index (χ4v) is 0.801. The summed E-state index contributed by atoms with van der Waals surface area (Å²) in [5, 5.41) is 10.5. The largest absolute Gasteiger partial charge is 0.464 e. The molecule has 0 spiro atoms. The van der Waals surface area contributed by atoms with Gasteiger partial charge in [0.15, 0.2) is 0 Å². The summed E-state index contributed by atoms with van der Waals surface area (Å²) in [6.45, 7) is 3.10. The molecule has 0 N–H and O–H groups in total. The third kappa shape index (κ3) is 5.01. The molecule has 0 bridgehead atoms. The lowest BCUT2D eigenvalue weighted by Gasteiger charge is -2.14. The Morgan fingerprint density at radius 1 is 1.57 bits per heavy atom. The lowest BCUT2D eigenvalue weighted by atomic mass is 10.00. The van der Waals surface area contributed by atoms with Gasteiger partial charge in [0.1, 0.15) is 6.61 Å². The summed E-state index contributed by atoms with van der Waals surface area (Å²) in [5.41, 5.74) is -1.08. The van der Waals surface area contributed by atoms with Crippen LogP contribution in [0.25, 0.3) is 0 Å². The zero-order valence-electron chi connectivity index (χ0n) is 8.29. The van der Waals surface area contributed by atoms with Crippen LogP contribution < -0.4 is 0 Å². The summed E-state index contributed by atoms with van der Waals surface area (Å²) in [6.07, 6.45) is 0.214. The summed E-state index contributed by atoms with van der Waals surface area (Å²) in [4.78, 5) is 21.0. The van der Waals surface area contributed by atoms with Crippen LogP contribution in [0.1, 0.15) is 26.7 Å². The van der Waals surface area contributed by atoms with Gasteiger partial charge in [-0.2, -0.15) is 0 Å². The Bertz CT molecular complexity index is 217. The summed E-state index contributed by atoms with van der Waals surface area (Å²) in [5.74, 6) is -0.203. The summed E-state index contributed by atoms with van der Waals surface area (Å²) in [7, 11) is 0. The first kappa shape index (κ1) is 13.2. The molecule has 5 nitrogen and oxygen atoms in total. The van der Waals surface area contributed by atoms with Crippen LogP contribution in [0.5, 0.6) is 0 Å². The Morgan fingerprint density at radius 2 is 2.14 bits per heavy atom. The van der Waals surface area contributed by atoms with E-state index in [4.69, 9.17) is 11.6 Å². The molecule has 82 valence electrons. The van der Waals surface area contributed by atoms with Gasteiger partial charge in [0.05, 0.1) is 12.3 Å². The highest BCUT2D eigenvalue weighted by molar-refractivity contribution is 6.18. The number of alkyl halides is 1. The second kappa shape index (κ2) is 5.80. The molecule has 14 heavy (non-hydrogen) atoms. The van der Waals surface area contributed by atoms with Crippen LogP contribution in [0.2, 0.25) is 0 Å². The molecule has 0 unspecified atom stereocenters. The smallest absolute Gasteiger partial charge is 0.306 e. The minimum Gasteiger partial charge on any atom is -0.464 e. The molecule has 6 heteroatoms. The average Bonchev–Trinajstić information content (AvgIpc) is 2.11. The Hall–Kier alpha value is -0.840. The van der Waals surface area contributed by atoms with Crippen molar-refractivity contribution in [2.45, 2.75) is 32.2 Å². The minimum atomic E-state index is -1.08. The molecular weight excluding hydrogens is 210 g/mol. The monoisotopic (exact) mass is 223 g/mol. The van der Waals surface area contributed by atoms with Crippen LogP contribution in [0.3, 0.4) is 0 Å². The zero-order chi connectivity index (χ0) is 11.2. The van der Waals surface area contributed by atoms with Crippen molar-refractivity contribution in [2.24, 2.45) is 0 Å². The van der Waals surface area contributed by atoms with Crippen molar-refractivity contribution in [1.29, 1.82) is 0 Å². The van der Waals surface area contributed by atoms with Gasteiger partial charge in [0, 0.05) is 25.2 Å². The number of hydrogen-bond acceptors (Lipinski definition) is 4. The van der Waals surface area contributed by atoms with E-state index in [0.717, 1.165) is 0 Å². The van der Waals surface area contributed by atoms with Gasteiger partial charge in [-0.1, -0.05) is 0 Å². The van der Waals surface area contributed by atoms with Crippen molar-refractivity contribution in [3.63, 3.8) is 0 Å². The lowest BCUT2D eigenvalue weighted by Crippen LogP contribution is -2.31. The van der Waals surface area contributed by atoms with Crippen LogP contribution in [-0.2, 0) is 9.53 Å². The predicted molar refractivity (Wildman–Crippen MR) is 52.0 cm³/mol. The highest BCUT2D eigenvalue weighted by Crippen LogP contribution is 2.15. The van der Waals surface area contributed by atoms with Crippen LogP contribution in [0.4, 0.5) is 0 Å². The minimum absolute atomic E-state index is 0.0465. The summed E-state index contributed by atoms with van der Waals surface area (Å²) >= 11 is 5.30. The standard InChI is InChI=1S/C8H14ClNO4/c1-8(2,10(12)13)4-3-7(11)14-6-5-9/h3-6H2,1-2H3. The van der Waals surface area contributed by atoms with E-state index in [1.165, 1.54) is 13.8 Å². The molecule has 0 aliphatic heterocycles. The number of carbonyl (C=O) groups excluding carboxylic acids is 1. The maximum atomic E-state index is 11.0. The van der Waals surface area contributed by atoms with E-state index in [-0.39, 0.29) is 25.3 Å². The van der Waals surface area contributed by atoms with E-state index in [1.54, 1.807) is 0 Å². The Labute approximate surface area is 87.5 Å². The van der Waals surface area contributed by atoms with Crippen LogP contribution in [-0.4, -0.2) is 28.9 Å². The second-order valence-electron chi connectivity index (χ2n) is 3.48. The highest BCUT2D eigenvalue weighted by Gasteiger charge is 2.31. The number of carbonyl (C=O) groups is 1. The molecule has 0 radical (unpaired) electrons. The third-order valence-corrected chi connectivity index (χ3v) is 1.93. The Kier molecular flexibility index (Phi) is 5.45. The van der Waals surface area contributed by atoms with Gasteiger partial charge < -0.3 is 4.74 Å². The predicted octanol–water partition coefficient (Wildman–Crippen LogP) is 1.60. The molecule has 0 saturated carbocycles. The molecule has 0 amide bonds. The number of esters is 1. The van der Waals surface area contributed by atoms with E-state index in [1.807, 2.05) is 0 Å². The molecular formula is C8H14ClNO4. The van der Waals surface area contributed by atoms with E-state index in [0.29, 0.717) is 0 Å². The van der Waals surface area contributed by atoms with Crippen LogP contribution >= 0.6 is 11.6 Å². The molecule has 0 heterocycles. The number of hydrogen-bond donors (Lipinski definition) is 0. The van der Waals surface area contributed by atoms with E-state index >= 15 is 0 Å². The number of nitrogens with zero attached hydrogens (tertiary/aromatic N) is 1. The number of rotatable bonds is 6. The second-order valence-corrected chi connectivity index (χ2v) is 3.86. The van der Waals surface area contributed by atoms with Gasteiger partial charge in [-0.05, 0) is 0 Å². The fraction of sp³-hybridized carbons (Fsp3) is 0.875. The first-order valence-corrected chi connectivity index (χ1v) is 4.79. The fourth-order valence-electron chi connectivity index (χ4n) is 0.724. The van der Waals surface area contributed by atoms with Gasteiger partial charge in [-0.3, -0.25) is 14.9 Å². The normalized spacial score (nSPS) is 11.1.